The summed E-state index contributed by atoms with van der Waals surface area (Å²) in [5.74, 6) is 0.213. The lowest BCUT2D eigenvalue weighted by Gasteiger charge is -2.41. The van der Waals surface area contributed by atoms with Crippen molar-refractivity contribution in [1.82, 2.24) is 0 Å². The summed E-state index contributed by atoms with van der Waals surface area (Å²) >= 11 is 0. The van der Waals surface area contributed by atoms with Crippen LogP contribution in [0, 0.1) is 5.41 Å². The Hall–Kier alpha value is -1.03. The Labute approximate surface area is 122 Å². The first kappa shape index (κ1) is 15.4. The van der Waals surface area contributed by atoms with Crippen molar-refractivity contribution in [3.63, 3.8) is 0 Å². The number of nitrogens with one attached hydrogen (secondary N) is 1. The maximum absolute atomic E-state index is 12.3. The lowest BCUT2D eigenvalue weighted by molar-refractivity contribution is 0.145. The zero-order chi connectivity index (χ0) is 14.6. The third kappa shape index (κ3) is 3.17. The molecule has 3 nitrogen and oxygen atoms in total. The molecule has 1 aliphatic carbocycles. The van der Waals surface area contributed by atoms with Crippen LogP contribution in [0.5, 0.6) is 0 Å². The molecule has 4 heteroatoms. The summed E-state index contributed by atoms with van der Waals surface area (Å²) in [6.45, 7) is 5.00. The molecule has 0 bridgehead atoms. The van der Waals surface area contributed by atoms with E-state index >= 15 is 0 Å². The summed E-state index contributed by atoms with van der Waals surface area (Å²) in [7, 11) is -3.17. The van der Waals surface area contributed by atoms with E-state index in [9.17, 15) is 8.42 Å². The molecular formula is C16H25NO2S. The fourth-order valence-corrected chi connectivity index (χ4v) is 4.40. The van der Waals surface area contributed by atoms with Crippen LogP contribution in [0.3, 0.4) is 0 Å². The van der Waals surface area contributed by atoms with E-state index in [2.05, 4.69) is 12.2 Å². The number of rotatable bonds is 7. The molecule has 0 saturated heterocycles. The van der Waals surface area contributed by atoms with Gasteiger partial charge in [0.25, 0.3) is 0 Å². The lowest BCUT2D eigenvalue weighted by atomic mass is 9.67. The molecule has 1 N–H and O–H groups in total. The molecule has 0 atom stereocenters. The van der Waals surface area contributed by atoms with Crippen LogP contribution in [0.1, 0.15) is 46.0 Å². The van der Waals surface area contributed by atoms with Gasteiger partial charge in [0, 0.05) is 6.54 Å². The summed E-state index contributed by atoms with van der Waals surface area (Å²) in [4.78, 5) is 0.451. The van der Waals surface area contributed by atoms with E-state index < -0.39 is 9.84 Å². The molecule has 1 aromatic carbocycles. The predicted octanol–water partition coefficient (Wildman–Crippen LogP) is 3.86. The van der Waals surface area contributed by atoms with Crippen LogP contribution >= 0.6 is 0 Å². The first-order valence-electron chi connectivity index (χ1n) is 7.59. The fourth-order valence-electron chi connectivity index (χ4n) is 2.88. The third-order valence-corrected chi connectivity index (χ3v) is 6.48. The third-order valence-electron chi connectivity index (χ3n) is 4.51. The Morgan fingerprint density at radius 2 is 1.90 bits per heavy atom. The van der Waals surface area contributed by atoms with Gasteiger partial charge in [-0.3, -0.25) is 0 Å². The molecule has 0 aromatic heterocycles. The van der Waals surface area contributed by atoms with Crippen molar-refractivity contribution in [2.75, 3.05) is 17.6 Å². The van der Waals surface area contributed by atoms with Gasteiger partial charge in [0.05, 0.1) is 16.3 Å². The molecule has 0 spiro atoms. The second-order valence-corrected chi connectivity index (χ2v) is 7.95. The van der Waals surface area contributed by atoms with Gasteiger partial charge in [0.2, 0.25) is 0 Å². The van der Waals surface area contributed by atoms with Crippen molar-refractivity contribution < 1.29 is 8.42 Å². The second kappa shape index (κ2) is 6.17. The number of sulfone groups is 1. The van der Waals surface area contributed by atoms with Crippen LogP contribution in [-0.2, 0) is 9.84 Å². The summed E-state index contributed by atoms with van der Waals surface area (Å²) < 4.78 is 24.6. The van der Waals surface area contributed by atoms with E-state index in [0.29, 0.717) is 16.7 Å². The number of hydrogen-bond donors (Lipinski definition) is 1. The summed E-state index contributed by atoms with van der Waals surface area (Å²) in [6, 6.07) is 7.29. The molecule has 2 rings (SSSR count). The van der Waals surface area contributed by atoms with E-state index in [1.807, 2.05) is 19.1 Å². The fraction of sp³-hybridized carbons (Fsp3) is 0.625. The number of anilines is 1. The van der Waals surface area contributed by atoms with Crippen LogP contribution in [-0.4, -0.2) is 20.7 Å². The molecule has 112 valence electrons. The normalized spacial score (nSPS) is 17.5. The van der Waals surface area contributed by atoms with Crippen molar-refractivity contribution in [3.8, 4) is 0 Å². The van der Waals surface area contributed by atoms with Gasteiger partial charge < -0.3 is 5.32 Å². The highest BCUT2D eigenvalue weighted by molar-refractivity contribution is 7.91. The average molecular weight is 295 g/mol. The second-order valence-electron chi connectivity index (χ2n) is 5.88. The Balaban J connectivity index is 2.16. The van der Waals surface area contributed by atoms with Gasteiger partial charge in [0.1, 0.15) is 0 Å². The van der Waals surface area contributed by atoms with E-state index in [-0.39, 0.29) is 5.75 Å². The van der Waals surface area contributed by atoms with Gasteiger partial charge in [-0.15, -0.1) is 0 Å². The first-order valence-corrected chi connectivity index (χ1v) is 9.24. The molecular weight excluding hydrogens is 270 g/mol. The van der Waals surface area contributed by atoms with Crippen molar-refractivity contribution in [1.29, 1.82) is 0 Å². The largest absolute Gasteiger partial charge is 0.383 e. The monoisotopic (exact) mass is 295 g/mol. The maximum Gasteiger partial charge on any atom is 0.180 e. The standard InChI is InChI=1S/C16H25NO2S/c1-3-12-20(18,19)15-9-6-5-8-14(15)17-13-16(4-2)10-7-11-16/h5-6,8-9,17H,3-4,7,10-13H2,1-2H3. The highest BCUT2D eigenvalue weighted by Gasteiger charge is 2.35. The quantitative estimate of drug-likeness (QED) is 0.830. The van der Waals surface area contributed by atoms with Crippen molar-refractivity contribution in [3.05, 3.63) is 24.3 Å². The Kier molecular flexibility index (Phi) is 4.74. The minimum absolute atomic E-state index is 0.213. The average Bonchev–Trinajstić information content (AvgIpc) is 2.38. The zero-order valence-electron chi connectivity index (χ0n) is 12.5. The Morgan fingerprint density at radius 1 is 1.20 bits per heavy atom. The van der Waals surface area contributed by atoms with Crippen molar-refractivity contribution >= 4 is 15.5 Å². The van der Waals surface area contributed by atoms with Gasteiger partial charge >= 0.3 is 0 Å². The first-order chi connectivity index (χ1) is 9.53. The topological polar surface area (TPSA) is 46.2 Å². The van der Waals surface area contributed by atoms with Crippen molar-refractivity contribution in [2.24, 2.45) is 5.41 Å². The summed E-state index contributed by atoms with van der Waals surface area (Å²) in [5.41, 5.74) is 1.14. The van der Waals surface area contributed by atoms with Gasteiger partial charge in [-0.1, -0.05) is 32.4 Å². The number of benzene rings is 1. The highest BCUT2D eigenvalue weighted by Crippen LogP contribution is 2.44. The molecule has 0 unspecified atom stereocenters. The maximum atomic E-state index is 12.3. The van der Waals surface area contributed by atoms with E-state index in [1.54, 1.807) is 12.1 Å². The molecule has 0 amide bonds. The van der Waals surface area contributed by atoms with E-state index in [4.69, 9.17) is 0 Å². The van der Waals surface area contributed by atoms with Gasteiger partial charge in [-0.2, -0.15) is 0 Å². The minimum atomic E-state index is -3.17. The molecule has 1 saturated carbocycles. The molecule has 1 aliphatic rings. The SMILES string of the molecule is CCCS(=O)(=O)c1ccccc1NCC1(CC)CCC1. The van der Waals surface area contributed by atoms with E-state index in [1.165, 1.54) is 19.3 Å². The zero-order valence-corrected chi connectivity index (χ0v) is 13.3. The summed E-state index contributed by atoms with van der Waals surface area (Å²) in [5, 5.41) is 3.39. The Bertz CT molecular complexity index is 542. The molecule has 1 fully saturated rings. The molecule has 0 heterocycles. The van der Waals surface area contributed by atoms with Crippen LogP contribution in [0.25, 0.3) is 0 Å². The highest BCUT2D eigenvalue weighted by atomic mass is 32.2. The molecule has 1 aromatic rings. The lowest BCUT2D eigenvalue weighted by Crippen LogP contribution is -2.36. The van der Waals surface area contributed by atoms with Crippen LogP contribution in [0.15, 0.2) is 29.2 Å². The van der Waals surface area contributed by atoms with E-state index in [0.717, 1.165) is 18.7 Å². The Morgan fingerprint density at radius 3 is 2.45 bits per heavy atom. The molecule has 20 heavy (non-hydrogen) atoms. The number of para-hydroxylation sites is 1. The number of hydrogen-bond acceptors (Lipinski definition) is 3. The molecule has 0 radical (unpaired) electrons. The van der Waals surface area contributed by atoms with Crippen LogP contribution < -0.4 is 5.32 Å². The van der Waals surface area contributed by atoms with Gasteiger partial charge in [-0.25, -0.2) is 8.42 Å². The van der Waals surface area contributed by atoms with Crippen LogP contribution in [0.4, 0.5) is 5.69 Å². The van der Waals surface area contributed by atoms with Crippen LogP contribution in [0.2, 0.25) is 0 Å². The van der Waals surface area contributed by atoms with Gasteiger partial charge in [0.15, 0.2) is 9.84 Å². The van der Waals surface area contributed by atoms with Gasteiger partial charge in [-0.05, 0) is 43.2 Å². The minimum Gasteiger partial charge on any atom is -0.383 e. The summed E-state index contributed by atoms with van der Waals surface area (Å²) in [6.07, 6.45) is 5.60. The molecule has 0 aliphatic heterocycles. The predicted molar refractivity (Wildman–Crippen MR) is 83.9 cm³/mol. The smallest absolute Gasteiger partial charge is 0.180 e. The van der Waals surface area contributed by atoms with Crippen molar-refractivity contribution in [2.45, 2.75) is 50.8 Å².